The van der Waals surface area contributed by atoms with Crippen molar-refractivity contribution in [2.75, 3.05) is 11.9 Å². The number of rotatable bonds is 3. The van der Waals surface area contributed by atoms with Crippen LogP contribution in [-0.2, 0) is 11.2 Å². The van der Waals surface area contributed by atoms with E-state index < -0.39 is 0 Å². The lowest BCUT2D eigenvalue weighted by Crippen LogP contribution is -2.39. The number of hydrogen-bond donors (Lipinski definition) is 2. The van der Waals surface area contributed by atoms with Crippen molar-refractivity contribution >= 4 is 11.6 Å². The molecule has 1 amide bonds. The van der Waals surface area contributed by atoms with Gasteiger partial charge in [0.1, 0.15) is 0 Å². The van der Waals surface area contributed by atoms with Gasteiger partial charge in [-0.05, 0) is 24.5 Å². The standard InChI is InChI=1S/C13H16N2O/c1-2-9-14-12-8-7-10-5-3-4-6-11(10)15-13(12)16/h2-6,12,14H,1,7-9H2,(H,15,16). The summed E-state index contributed by atoms with van der Waals surface area (Å²) in [6, 6.07) is 7.83. The molecule has 16 heavy (non-hydrogen) atoms. The number of benzene rings is 1. The minimum absolute atomic E-state index is 0.0480. The highest BCUT2D eigenvalue weighted by Gasteiger charge is 2.21. The summed E-state index contributed by atoms with van der Waals surface area (Å²) in [5, 5.41) is 6.11. The fraction of sp³-hybridized carbons (Fsp3) is 0.308. The van der Waals surface area contributed by atoms with E-state index in [-0.39, 0.29) is 11.9 Å². The molecule has 3 nitrogen and oxygen atoms in total. The highest BCUT2D eigenvalue weighted by atomic mass is 16.2. The minimum atomic E-state index is -0.120. The summed E-state index contributed by atoms with van der Waals surface area (Å²) in [6.45, 7) is 4.30. The van der Waals surface area contributed by atoms with E-state index in [4.69, 9.17) is 0 Å². The summed E-state index contributed by atoms with van der Waals surface area (Å²) in [5.41, 5.74) is 2.15. The zero-order valence-electron chi connectivity index (χ0n) is 9.20. The average Bonchev–Trinajstić information content (AvgIpc) is 2.45. The monoisotopic (exact) mass is 216 g/mol. The Hall–Kier alpha value is -1.61. The van der Waals surface area contributed by atoms with Crippen LogP contribution in [0.4, 0.5) is 5.69 Å². The van der Waals surface area contributed by atoms with Gasteiger partial charge in [-0.25, -0.2) is 0 Å². The molecule has 2 N–H and O–H groups in total. The molecule has 1 aliphatic rings. The number of nitrogens with one attached hydrogen (secondary N) is 2. The molecule has 0 saturated heterocycles. The van der Waals surface area contributed by atoms with E-state index in [1.54, 1.807) is 6.08 Å². The molecule has 2 rings (SSSR count). The number of para-hydroxylation sites is 1. The smallest absolute Gasteiger partial charge is 0.241 e. The Morgan fingerprint density at radius 3 is 3.12 bits per heavy atom. The molecule has 3 heteroatoms. The van der Waals surface area contributed by atoms with Crippen molar-refractivity contribution in [3.8, 4) is 0 Å². The van der Waals surface area contributed by atoms with Gasteiger partial charge in [0.05, 0.1) is 6.04 Å². The summed E-state index contributed by atoms with van der Waals surface area (Å²) in [7, 11) is 0. The molecule has 0 aliphatic carbocycles. The van der Waals surface area contributed by atoms with Crippen LogP contribution in [-0.4, -0.2) is 18.5 Å². The lowest BCUT2D eigenvalue weighted by Gasteiger charge is -2.13. The van der Waals surface area contributed by atoms with Crippen molar-refractivity contribution < 1.29 is 4.79 Å². The van der Waals surface area contributed by atoms with E-state index in [0.717, 1.165) is 18.5 Å². The quantitative estimate of drug-likeness (QED) is 0.755. The summed E-state index contributed by atoms with van der Waals surface area (Å²) in [5.74, 6) is 0.0480. The number of hydrogen-bond acceptors (Lipinski definition) is 2. The first kappa shape index (κ1) is 10.9. The summed E-state index contributed by atoms with van der Waals surface area (Å²) < 4.78 is 0. The van der Waals surface area contributed by atoms with Gasteiger partial charge in [-0.3, -0.25) is 4.79 Å². The molecule has 1 aromatic rings. The van der Waals surface area contributed by atoms with E-state index >= 15 is 0 Å². The minimum Gasteiger partial charge on any atom is -0.324 e. The van der Waals surface area contributed by atoms with Crippen LogP contribution in [0.15, 0.2) is 36.9 Å². The topological polar surface area (TPSA) is 41.1 Å². The van der Waals surface area contributed by atoms with Crippen LogP contribution in [0, 0.1) is 0 Å². The SMILES string of the molecule is C=CCNC1CCc2ccccc2NC1=O. The fourth-order valence-corrected chi connectivity index (χ4v) is 1.93. The number of aryl methyl sites for hydroxylation is 1. The van der Waals surface area contributed by atoms with Crippen molar-refractivity contribution in [1.82, 2.24) is 5.32 Å². The number of anilines is 1. The Kier molecular flexibility index (Phi) is 3.37. The first-order valence-corrected chi connectivity index (χ1v) is 5.54. The van der Waals surface area contributed by atoms with Gasteiger partial charge >= 0.3 is 0 Å². The third-order valence-corrected chi connectivity index (χ3v) is 2.80. The maximum atomic E-state index is 11.9. The maximum absolute atomic E-state index is 11.9. The summed E-state index contributed by atoms with van der Waals surface area (Å²) in [4.78, 5) is 11.9. The van der Waals surface area contributed by atoms with E-state index in [9.17, 15) is 4.79 Å². The molecular weight excluding hydrogens is 200 g/mol. The molecule has 1 unspecified atom stereocenters. The van der Waals surface area contributed by atoms with E-state index in [2.05, 4.69) is 23.3 Å². The van der Waals surface area contributed by atoms with Crippen LogP contribution in [0.25, 0.3) is 0 Å². The first-order chi connectivity index (χ1) is 7.81. The molecule has 0 saturated carbocycles. The molecule has 1 atom stereocenters. The van der Waals surface area contributed by atoms with Gasteiger partial charge in [-0.2, -0.15) is 0 Å². The van der Waals surface area contributed by atoms with Gasteiger partial charge in [0.25, 0.3) is 0 Å². The van der Waals surface area contributed by atoms with Gasteiger partial charge < -0.3 is 10.6 Å². The summed E-state index contributed by atoms with van der Waals surface area (Å²) in [6.07, 6.45) is 3.52. The number of fused-ring (bicyclic) bond motifs is 1. The van der Waals surface area contributed by atoms with E-state index in [1.165, 1.54) is 5.56 Å². The van der Waals surface area contributed by atoms with Gasteiger partial charge in [0, 0.05) is 12.2 Å². The van der Waals surface area contributed by atoms with Crippen LogP contribution in [0.3, 0.4) is 0 Å². The van der Waals surface area contributed by atoms with Crippen LogP contribution in [0.5, 0.6) is 0 Å². The number of carbonyl (C=O) groups excluding carboxylic acids is 1. The second-order valence-electron chi connectivity index (χ2n) is 3.93. The molecule has 0 fully saturated rings. The van der Waals surface area contributed by atoms with Crippen molar-refractivity contribution in [2.24, 2.45) is 0 Å². The predicted molar refractivity (Wildman–Crippen MR) is 65.4 cm³/mol. The Labute approximate surface area is 95.6 Å². The zero-order valence-corrected chi connectivity index (χ0v) is 9.20. The zero-order chi connectivity index (χ0) is 11.4. The van der Waals surface area contributed by atoms with Gasteiger partial charge in [-0.1, -0.05) is 24.3 Å². The van der Waals surface area contributed by atoms with Gasteiger partial charge in [0.15, 0.2) is 0 Å². The van der Waals surface area contributed by atoms with Gasteiger partial charge in [0.2, 0.25) is 5.91 Å². The Morgan fingerprint density at radius 2 is 2.31 bits per heavy atom. The molecule has 1 heterocycles. The van der Waals surface area contributed by atoms with Gasteiger partial charge in [-0.15, -0.1) is 6.58 Å². The van der Waals surface area contributed by atoms with Crippen LogP contribution in [0.1, 0.15) is 12.0 Å². The van der Waals surface area contributed by atoms with Crippen molar-refractivity contribution in [3.63, 3.8) is 0 Å². The Bertz CT molecular complexity index is 401. The highest BCUT2D eigenvalue weighted by molar-refractivity contribution is 5.96. The van der Waals surface area contributed by atoms with Crippen LogP contribution >= 0.6 is 0 Å². The fourth-order valence-electron chi connectivity index (χ4n) is 1.93. The Morgan fingerprint density at radius 1 is 1.50 bits per heavy atom. The molecular formula is C13H16N2O. The predicted octanol–water partition coefficient (Wildman–Crippen LogP) is 1.72. The number of amides is 1. The molecule has 0 spiro atoms. The van der Waals surface area contributed by atoms with Crippen molar-refractivity contribution in [2.45, 2.75) is 18.9 Å². The Balaban J connectivity index is 2.12. The second-order valence-corrected chi connectivity index (χ2v) is 3.93. The van der Waals surface area contributed by atoms with E-state index in [1.807, 2.05) is 18.2 Å². The van der Waals surface area contributed by atoms with Crippen molar-refractivity contribution in [3.05, 3.63) is 42.5 Å². The second kappa shape index (κ2) is 4.94. The number of carbonyl (C=O) groups is 1. The lowest BCUT2D eigenvalue weighted by atomic mass is 10.1. The molecule has 0 radical (unpaired) electrons. The molecule has 0 aromatic heterocycles. The van der Waals surface area contributed by atoms with Crippen LogP contribution in [0.2, 0.25) is 0 Å². The maximum Gasteiger partial charge on any atom is 0.241 e. The lowest BCUT2D eigenvalue weighted by molar-refractivity contribution is -0.118. The molecule has 0 bridgehead atoms. The third kappa shape index (κ3) is 2.31. The molecule has 84 valence electrons. The van der Waals surface area contributed by atoms with E-state index in [0.29, 0.717) is 6.54 Å². The normalized spacial score (nSPS) is 19.5. The summed E-state index contributed by atoms with van der Waals surface area (Å²) >= 11 is 0. The van der Waals surface area contributed by atoms with Crippen LogP contribution < -0.4 is 10.6 Å². The first-order valence-electron chi connectivity index (χ1n) is 5.54. The highest BCUT2D eigenvalue weighted by Crippen LogP contribution is 2.21. The third-order valence-electron chi connectivity index (χ3n) is 2.80. The molecule has 1 aliphatic heterocycles. The average molecular weight is 216 g/mol. The largest absolute Gasteiger partial charge is 0.324 e. The molecule has 1 aromatic carbocycles. The van der Waals surface area contributed by atoms with Crippen molar-refractivity contribution in [1.29, 1.82) is 0 Å².